The van der Waals surface area contributed by atoms with Crippen LogP contribution >= 0.6 is 23.5 Å². The summed E-state index contributed by atoms with van der Waals surface area (Å²) in [6, 6.07) is -2.42. The van der Waals surface area contributed by atoms with Crippen LogP contribution in [0.4, 0.5) is 4.79 Å². The van der Waals surface area contributed by atoms with E-state index in [-0.39, 0.29) is 49.7 Å². The summed E-state index contributed by atoms with van der Waals surface area (Å²) < 4.78 is 0. The number of H-pyrrole nitrogens is 1. The molecule has 2 aromatic rings. The molecular formula is C45H64N10O14S2. The van der Waals surface area contributed by atoms with Crippen molar-refractivity contribution in [2.24, 2.45) is 0 Å². The summed E-state index contributed by atoms with van der Waals surface area (Å²) in [5.74, 6) is -6.02. The number of amides is 9. The van der Waals surface area contributed by atoms with Crippen LogP contribution in [0.25, 0.3) is 10.9 Å². The maximum Gasteiger partial charge on any atom is 0.315 e. The maximum atomic E-state index is 14.3. The number of nitrogens with one attached hydrogen (secondary N) is 9. The average Bonchev–Trinajstić information content (AvgIpc) is 4.08. The summed E-state index contributed by atoms with van der Waals surface area (Å²) in [6.07, 6.45) is -0.651. The molecule has 3 saturated heterocycles. The second kappa shape index (κ2) is 23.7. The molecule has 390 valence electrons. The predicted octanol–water partition coefficient (Wildman–Crippen LogP) is -2.95. The SMILES string of the molecule is CC1NC(=O)C(CC(C)(O)CO)NC(=O)C2Cc3c([nH]c4ccccc34)SCC(NC(=O)C(C(C)O)NC1=O)C(=O)N1CC(O)CC1C(=O)NC(C)C(=O)N2.O=C(O)CCCC[C@@H]1SC[C@@H]2NC(=O)N[C@@H]21. The molecular weight excluding hydrogens is 969 g/mol. The average molecular weight is 1030 g/mol. The fraction of sp³-hybridized carbons (Fsp3) is 0.622. The molecule has 7 rings (SSSR count). The Morgan fingerprint density at radius 2 is 1.51 bits per heavy atom. The van der Waals surface area contributed by atoms with Crippen LogP contribution in [0.3, 0.4) is 0 Å². The van der Waals surface area contributed by atoms with Crippen molar-refractivity contribution in [2.75, 3.05) is 24.7 Å². The molecule has 9 amide bonds. The molecule has 0 saturated carbocycles. The lowest BCUT2D eigenvalue weighted by atomic mass is 9.96. The lowest BCUT2D eigenvalue weighted by Crippen LogP contribution is -2.61. The molecule has 5 aliphatic rings. The fourth-order valence-electron chi connectivity index (χ4n) is 9.01. The number of rotatable bonds is 9. The topological polar surface area (TPSA) is 370 Å². The number of aromatic amines is 1. The number of aliphatic carboxylic acids is 1. The molecule has 14 N–H and O–H groups in total. The van der Waals surface area contributed by atoms with Crippen LogP contribution in [0.2, 0.25) is 0 Å². The van der Waals surface area contributed by atoms with Gasteiger partial charge in [-0.15, -0.1) is 11.8 Å². The molecule has 6 heterocycles. The van der Waals surface area contributed by atoms with Crippen LogP contribution in [0.1, 0.15) is 71.8 Å². The molecule has 26 heteroatoms. The van der Waals surface area contributed by atoms with Crippen molar-refractivity contribution in [3.05, 3.63) is 29.8 Å². The zero-order valence-corrected chi connectivity index (χ0v) is 41.3. The van der Waals surface area contributed by atoms with Gasteiger partial charge in [-0.2, -0.15) is 11.8 Å². The molecule has 1 aromatic heterocycles. The van der Waals surface area contributed by atoms with Crippen LogP contribution in [-0.2, 0) is 44.8 Å². The quantitative estimate of drug-likeness (QED) is 0.0882. The van der Waals surface area contributed by atoms with Crippen LogP contribution in [-0.4, -0.2) is 191 Å². The zero-order valence-electron chi connectivity index (χ0n) is 39.7. The minimum Gasteiger partial charge on any atom is -0.481 e. The third-order valence-electron chi connectivity index (χ3n) is 12.9. The van der Waals surface area contributed by atoms with Crippen molar-refractivity contribution >= 4 is 87.8 Å². The summed E-state index contributed by atoms with van der Waals surface area (Å²) in [4.78, 5) is 123. The number of fused-ring (bicyclic) bond motifs is 6. The number of aromatic nitrogens is 1. The number of carboxylic acid groups (broad SMARTS) is 1. The van der Waals surface area contributed by atoms with Gasteiger partial charge in [0.05, 0.1) is 41.5 Å². The second-order valence-electron chi connectivity index (χ2n) is 18.9. The molecule has 0 radical (unpaired) electrons. The minimum absolute atomic E-state index is 0.0640. The van der Waals surface area contributed by atoms with Crippen LogP contribution < -0.4 is 42.5 Å². The number of thioether (sulfide) groups is 2. The van der Waals surface area contributed by atoms with Gasteiger partial charge in [0.2, 0.25) is 41.4 Å². The first-order valence-corrected chi connectivity index (χ1v) is 25.5. The molecule has 13 atom stereocenters. The summed E-state index contributed by atoms with van der Waals surface area (Å²) in [7, 11) is 0. The molecule has 5 aliphatic heterocycles. The van der Waals surface area contributed by atoms with Crippen LogP contribution in [0.15, 0.2) is 29.3 Å². The Balaban J connectivity index is 0.000000434. The van der Waals surface area contributed by atoms with Gasteiger partial charge in [0, 0.05) is 59.9 Å². The number of hydrogen-bond acceptors (Lipinski definition) is 15. The Morgan fingerprint density at radius 3 is 2.20 bits per heavy atom. The van der Waals surface area contributed by atoms with Crippen LogP contribution in [0, 0.1) is 0 Å². The summed E-state index contributed by atoms with van der Waals surface area (Å²) >= 11 is 2.95. The van der Waals surface area contributed by atoms with E-state index in [2.05, 4.69) is 47.5 Å². The molecule has 10 unspecified atom stereocenters. The predicted molar refractivity (Wildman–Crippen MR) is 257 cm³/mol. The number of nitrogens with zero attached hydrogens (tertiary/aromatic N) is 1. The highest BCUT2D eigenvalue weighted by atomic mass is 32.2. The van der Waals surface area contributed by atoms with Gasteiger partial charge < -0.3 is 78.0 Å². The highest BCUT2D eigenvalue weighted by Gasteiger charge is 2.45. The Kier molecular flexibility index (Phi) is 18.2. The summed E-state index contributed by atoms with van der Waals surface area (Å²) in [5, 5.41) is 72.9. The molecule has 71 heavy (non-hydrogen) atoms. The highest BCUT2D eigenvalue weighted by Crippen LogP contribution is 2.34. The number of para-hydroxylation sites is 1. The number of carbonyl (C=O) groups excluding carboxylic acids is 8. The highest BCUT2D eigenvalue weighted by molar-refractivity contribution is 8.00. The maximum absolute atomic E-state index is 14.3. The van der Waals surface area contributed by atoms with E-state index in [9.17, 15) is 63.6 Å². The molecule has 2 bridgehead atoms. The van der Waals surface area contributed by atoms with Crippen LogP contribution in [0.5, 0.6) is 0 Å². The van der Waals surface area contributed by atoms with Crippen molar-refractivity contribution < 1.29 is 68.7 Å². The zero-order chi connectivity index (χ0) is 51.9. The van der Waals surface area contributed by atoms with E-state index in [1.807, 2.05) is 11.8 Å². The first-order valence-electron chi connectivity index (χ1n) is 23.5. The van der Waals surface area contributed by atoms with Gasteiger partial charge in [-0.05, 0) is 52.2 Å². The van der Waals surface area contributed by atoms with Crippen molar-refractivity contribution in [1.82, 2.24) is 52.4 Å². The lowest BCUT2D eigenvalue weighted by Gasteiger charge is -2.31. The lowest BCUT2D eigenvalue weighted by molar-refractivity contribution is -0.142. The number of urea groups is 1. The van der Waals surface area contributed by atoms with Gasteiger partial charge in [0.25, 0.3) is 0 Å². The Hall–Kier alpha value is -5.67. The first-order chi connectivity index (χ1) is 33.5. The van der Waals surface area contributed by atoms with Crippen molar-refractivity contribution in [3.8, 4) is 0 Å². The van der Waals surface area contributed by atoms with Crippen molar-refractivity contribution in [2.45, 2.75) is 155 Å². The number of benzene rings is 1. The van der Waals surface area contributed by atoms with Gasteiger partial charge in [-0.3, -0.25) is 38.4 Å². The smallest absolute Gasteiger partial charge is 0.315 e. The number of aliphatic hydroxyl groups excluding tert-OH is 3. The Morgan fingerprint density at radius 1 is 0.831 bits per heavy atom. The minimum atomic E-state index is -1.90. The third kappa shape index (κ3) is 13.9. The number of carboxylic acids is 1. The fourth-order valence-corrected chi connectivity index (χ4v) is 11.7. The largest absolute Gasteiger partial charge is 0.481 e. The summed E-state index contributed by atoms with van der Waals surface area (Å²) in [6.45, 7) is 4.02. The number of carbonyl (C=O) groups is 9. The molecule has 1 aromatic carbocycles. The molecule has 24 nitrogen and oxygen atoms in total. The van der Waals surface area contributed by atoms with E-state index in [1.165, 1.54) is 27.7 Å². The molecule has 0 spiro atoms. The van der Waals surface area contributed by atoms with Gasteiger partial charge >= 0.3 is 12.0 Å². The van der Waals surface area contributed by atoms with Gasteiger partial charge in [-0.1, -0.05) is 24.6 Å². The van der Waals surface area contributed by atoms with Crippen molar-refractivity contribution in [1.29, 1.82) is 0 Å². The normalized spacial score (nSPS) is 31.0. The van der Waals surface area contributed by atoms with Gasteiger partial charge in [0.1, 0.15) is 42.3 Å². The summed E-state index contributed by atoms with van der Waals surface area (Å²) in [5.41, 5.74) is -0.741. The van der Waals surface area contributed by atoms with E-state index in [0.29, 0.717) is 26.7 Å². The molecule has 3 fully saturated rings. The number of unbranched alkanes of at least 4 members (excludes halogenated alkanes) is 1. The number of hydrogen-bond donors (Lipinski definition) is 14. The van der Waals surface area contributed by atoms with Gasteiger partial charge in [0.15, 0.2) is 0 Å². The number of aliphatic hydroxyl groups is 4. The molecule has 0 aliphatic carbocycles. The Labute approximate surface area is 417 Å². The van der Waals surface area contributed by atoms with E-state index in [4.69, 9.17) is 5.11 Å². The standard InChI is InChI=1S/C35H48N8O11S.C10H16N2O3S/c1-15-27(47)38-22-10-20-19-7-5-6-8-21(19)41-33(20)55-13-24(34(53)43-12-18(46)9-25(43)31(51)37-15)40-32(52)26(17(3)45)42-28(48)16(2)36-30(50)23(39-29(22)49)11-35(4,54)14-44;13-8(14)4-2-1-3-7-9-6(5-16-7)11-10(15)12-9/h5-8,15-18,22-26,41,44-46,54H,9-14H2,1-4H3,(H,36,50)(H,37,51)(H,38,47)(H,39,49)(H,40,52)(H,42,48);6-7,9H,1-5H2,(H,13,14)(H2,11,12,15)/t;6-,7-,9-/m.0/s1. The monoisotopic (exact) mass is 1030 g/mol. The van der Waals surface area contributed by atoms with Crippen molar-refractivity contribution in [3.63, 3.8) is 0 Å². The van der Waals surface area contributed by atoms with E-state index < -0.39 is 120 Å². The second-order valence-corrected chi connectivity index (χ2v) is 21.2. The van der Waals surface area contributed by atoms with E-state index in [1.54, 1.807) is 24.3 Å². The third-order valence-corrected chi connectivity index (χ3v) is 15.6. The van der Waals surface area contributed by atoms with E-state index >= 15 is 0 Å². The Bertz CT molecular complexity index is 2350. The van der Waals surface area contributed by atoms with Gasteiger partial charge in [-0.25, -0.2) is 4.79 Å². The first kappa shape index (κ1) is 54.7. The van der Waals surface area contributed by atoms with E-state index in [0.717, 1.165) is 41.7 Å².